The van der Waals surface area contributed by atoms with Crippen LogP contribution in [0.4, 0.5) is 0 Å². The van der Waals surface area contributed by atoms with Crippen LogP contribution in [0.5, 0.6) is 0 Å². The van der Waals surface area contributed by atoms with Gasteiger partial charge in [-0.25, -0.2) is 0 Å². The molecule has 1 N–H and O–H groups in total. The van der Waals surface area contributed by atoms with Crippen LogP contribution in [0.25, 0.3) is 0 Å². The number of rotatable bonds is 4. The second kappa shape index (κ2) is 6.12. The third-order valence-electron chi connectivity index (χ3n) is 2.62. The summed E-state index contributed by atoms with van der Waals surface area (Å²) in [5.41, 5.74) is 1.79. The minimum atomic E-state index is 0.248. The zero-order chi connectivity index (χ0) is 11.1. The van der Waals surface area contributed by atoms with Crippen LogP contribution >= 0.6 is 0 Å². The van der Waals surface area contributed by atoms with Crippen molar-refractivity contribution >= 4 is 0 Å². The third-order valence-corrected chi connectivity index (χ3v) is 2.62. The van der Waals surface area contributed by atoms with Gasteiger partial charge in [-0.2, -0.15) is 0 Å². The van der Waals surface area contributed by atoms with E-state index in [1.54, 1.807) is 0 Å². The second-order valence-electron chi connectivity index (χ2n) is 5.39. The lowest BCUT2D eigenvalue weighted by Gasteiger charge is -2.19. The zero-order valence-corrected chi connectivity index (χ0v) is 10.5. The summed E-state index contributed by atoms with van der Waals surface area (Å²) in [6.45, 7) is 7.70. The summed E-state index contributed by atoms with van der Waals surface area (Å²) in [6.07, 6.45) is 13.4. The molecule has 0 aromatic carbocycles. The van der Waals surface area contributed by atoms with Crippen molar-refractivity contribution in [3.63, 3.8) is 0 Å². The molecule has 0 amide bonds. The van der Waals surface area contributed by atoms with Crippen LogP contribution in [0.2, 0.25) is 0 Å². The van der Waals surface area contributed by atoms with Crippen molar-refractivity contribution in [2.45, 2.75) is 58.4 Å². The first-order chi connectivity index (χ1) is 7.08. The van der Waals surface area contributed by atoms with Gasteiger partial charge in [0.25, 0.3) is 0 Å². The molecular formula is C14H25N. The van der Waals surface area contributed by atoms with Crippen LogP contribution in [-0.2, 0) is 0 Å². The Morgan fingerprint density at radius 3 is 2.73 bits per heavy atom. The van der Waals surface area contributed by atoms with E-state index in [9.17, 15) is 0 Å². The first-order valence-corrected chi connectivity index (χ1v) is 6.18. The van der Waals surface area contributed by atoms with E-state index in [2.05, 4.69) is 44.3 Å². The molecule has 0 unspecified atom stereocenters. The molecule has 0 radical (unpaired) electrons. The van der Waals surface area contributed by atoms with Crippen LogP contribution in [0, 0.1) is 0 Å². The van der Waals surface area contributed by atoms with E-state index in [0.29, 0.717) is 0 Å². The highest BCUT2D eigenvalue weighted by atomic mass is 14.9. The van der Waals surface area contributed by atoms with Gasteiger partial charge in [0.05, 0.1) is 0 Å². The van der Waals surface area contributed by atoms with Gasteiger partial charge in [0, 0.05) is 5.54 Å². The van der Waals surface area contributed by atoms with E-state index in [-0.39, 0.29) is 5.54 Å². The van der Waals surface area contributed by atoms with Crippen molar-refractivity contribution in [3.05, 3.63) is 23.8 Å². The fraction of sp³-hybridized carbons (Fsp3) is 0.714. The third kappa shape index (κ3) is 6.51. The maximum atomic E-state index is 3.49. The van der Waals surface area contributed by atoms with E-state index < -0.39 is 0 Å². The van der Waals surface area contributed by atoms with E-state index in [0.717, 1.165) is 13.0 Å². The first kappa shape index (κ1) is 12.5. The summed E-state index contributed by atoms with van der Waals surface area (Å²) in [7, 11) is 0. The number of allylic oxidation sites excluding steroid dienone is 3. The number of hydrogen-bond acceptors (Lipinski definition) is 1. The van der Waals surface area contributed by atoms with Gasteiger partial charge < -0.3 is 5.32 Å². The molecule has 0 aliphatic heterocycles. The van der Waals surface area contributed by atoms with Gasteiger partial charge in [0.1, 0.15) is 0 Å². The van der Waals surface area contributed by atoms with Crippen molar-refractivity contribution < 1.29 is 0 Å². The Kier molecular flexibility index (Phi) is 5.10. The Labute approximate surface area is 94.6 Å². The van der Waals surface area contributed by atoms with Crippen molar-refractivity contribution in [2.24, 2.45) is 0 Å². The molecule has 1 heteroatoms. The molecule has 0 aromatic rings. The summed E-state index contributed by atoms with van der Waals surface area (Å²) in [5.74, 6) is 0. The van der Waals surface area contributed by atoms with E-state index in [1.807, 2.05) is 0 Å². The molecular weight excluding hydrogens is 182 g/mol. The molecule has 0 bridgehead atoms. The van der Waals surface area contributed by atoms with Gasteiger partial charge in [-0.15, -0.1) is 0 Å². The molecule has 0 saturated carbocycles. The van der Waals surface area contributed by atoms with E-state index >= 15 is 0 Å². The fourth-order valence-electron chi connectivity index (χ4n) is 1.78. The van der Waals surface area contributed by atoms with Gasteiger partial charge in [-0.05, 0) is 59.4 Å². The topological polar surface area (TPSA) is 12.0 Å². The fourth-order valence-corrected chi connectivity index (χ4v) is 1.78. The van der Waals surface area contributed by atoms with Gasteiger partial charge in [-0.3, -0.25) is 0 Å². The summed E-state index contributed by atoms with van der Waals surface area (Å²) < 4.78 is 0. The van der Waals surface area contributed by atoms with Gasteiger partial charge >= 0.3 is 0 Å². The normalized spacial score (nSPS) is 18.2. The largest absolute Gasteiger partial charge is 0.312 e. The van der Waals surface area contributed by atoms with E-state index in [1.165, 1.54) is 31.3 Å². The van der Waals surface area contributed by atoms with Crippen molar-refractivity contribution in [1.29, 1.82) is 0 Å². The molecule has 86 valence electrons. The molecule has 0 saturated heterocycles. The summed E-state index contributed by atoms with van der Waals surface area (Å²) in [6, 6.07) is 0. The molecule has 1 aliphatic carbocycles. The Morgan fingerprint density at radius 1 is 1.33 bits per heavy atom. The van der Waals surface area contributed by atoms with Crippen LogP contribution in [-0.4, -0.2) is 12.1 Å². The minimum Gasteiger partial charge on any atom is -0.312 e. The highest BCUT2D eigenvalue weighted by Gasteiger charge is 2.06. The smallest absolute Gasteiger partial charge is 0.00966 e. The Morgan fingerprint density at radius 2 is 2.13 bits per heavy atom. The lowest BCUT2D eigenvalue weighted by atomic mass is 9.99. The molecule has 1 nitrogen and oxygen atoms in total. The zero-order valence-electron chi connectivity index (χ0n) is 10.5. The Hall–Kier alpha value is -0.560. The van der Waals surface area contributed by atoms with Gasteiger partial charge in [0.2, 0.25) is 0 Å². The number of hydrogen-bond donors (Lipinski definition) is 1. The maximum Gasteiger partial charge on any atom is 0.00966 e. The molecule has 15 heavy (non-hydrogen) atoms. The predicted octanol–water partition coefficient (Wildman–Crippen LogP) is 3.82. The van der Waals surface area contributed by atoms with Crippen LogP contribution < -0.4 is 5.32 Å². The SMILES string of the molecule is CC(C)(C)NCC/C=C/C1=CCCCC1. The first-order valence-electron chi connectivity index (χ1n) is 6.18. The maximum absolute atomic E-state index is 3.49. The highest BCUT2D eigenvalue weighted by Crippen LogP contribution is 2.18. The highest BCUT2D eigenvalue weighted by molar-refractivity contribution is 5.20. The van der Waals surface area contributed by atoms with Crippen molar-refractivity contribution in [2.75, 3.05) is 6.54 Å². The van der Waals surface area contributed by atoms with Crippen molar-refractivity contribution in [1.82, 2.24) is 5.32 Å². The Bertz CT molecular complexity index is 230. The average Bonchev–Trinajstić information content (AvgIpc) is 2.17. The van der Waals surface area contributed by atoms with Gasteiger partial charge in [0.15, 0.2) is 0 Å². The molecule has 1 aliphatic rings. The number of nitrogens with one attached hydrogen (secondary N) is 1. The quantitative estimate of drug-likeness (QED) is 0.691. The Balaban J connectivity index is 2.14. The summed E-state index contributed by atoms with van der Waals surface area (Å²) in [5, 5.41) is 3.49. The molecule has 0 aromatic heterocycles. The average molecular weight is 207 g/mol. The van der Waals surface area contributed by atoms with Crippen molar-refractivity contribution in [3.8, 4) is 0 Å². The van der Waals surface area contributed by atoms with Gasteiger partial charge in [-0.1, -0.05) is 23.8 Å². The van der Waals surface area contributed by atoms with Crippen LogP contribution in [0.3, 0.4) is 0 Å². The van der Waals surface area contributed by atoms with E-state index in [4.69, 9.17) is 0 Å². The molecule has 0 fully saturated rings. The monoisotopic (exact) mass is 207 g/mol. The molecule has 0 heterocycles. The lowest BCUT2D eigenvalue weighted by molar-refractivity contribution is 0.431. The summed E-state index contributed by atoms with van der Waals surface area (Å²) in [4.78, 5) is 0. The standard InChI is InChI=1S/C14H25N/c1-14(2,3)15-12-8-7-11-13-9-5-4-6-10-13/h7,9,11,15H,4-6,8,10,12H2,1-3H3/b11-7+. The second-order valence-corrected chi connectivity index (χ2v) is 5.39. The molecule has 0 spiro atoms. The minimum absolute atomic E-state index is 0.248. The van der Waals surface area contributed by atoms with Crippen LogP contribution in [0.1, 0.15) is 52.9 Å². The summed E-state index contributed by atoms with van der Waals surface area (Å²) >= 11 is 0. The lowest BCUT2D eigenvalue weighted by Crippen LogP contribution is -2.36. The predicted molar refractivity (Wildman–Crippen MR) is 68.1 cm³/mol. The molecule has 0 atom stereocenters. The molecule has 1 rings (SSSR count). The van der Waals surface area contributed by atoms with Crippen LogP contribution in [0.15, 0.2) is 23.8 Å².